The second-order valence-corrected chi connectivity index (χ2v) is 10.2. The molecule has 5 rings (SSSR count). The number of rotatable bonds is 3. The maximum atomic E-state index is 12.0. The Morgan fingerprint density at radius 1 is 1.19 bits per heavy atom. The Hall–Kier alpha value is -2.78. The fraction of sp³-hybridized carbons (Fsp3) is 0.409. The van der Waals surface area contributed by atoms with Crippen molar-refractivity contribution in [3.63, 3.8) is 0 Å². The summed E-state index contributed by atoms with van der Waals surface area (Å²) in [6.45, 7) is 0.782. The summed E-state index contributed by atoms with van der Waals surface area (Å²) < 4.78 is 37.3. The average molecular weight is 444 g/mol. The van der Waals surface area contributed by atoms with Crippen LogP contribution in [0, 0.1) is 0 Å². The third-order valence-corrected chi connectivity index (χ3v) is 7.69. The Bertz CT molecular complexity index is 1160. The third kappa shape index (κ3) is 3.32. The first-order chi connectivity index (χ1) is 14.8. The van der Waals surface area contributed by atoms with E-state index >= 15 is 0 Å². The molecule has 3 aliphatic rings. The molecule has 1 atom stereocenters. The smallest absolute Gasteiger partial charge is 0.211 e. The molecular formula is C22H25N3O5S. The molecule has 2 aromatic rings. The number of benzene rings is 2. The van der Waals surface area contributed by atoms with Crippen molar-refractivity contribution >= 4 is 15.7 Å². The van der Waals surface area contributed by atoms with E-state index in [0.29, 0.717) is 38.1 Å². The van der Waals surface area contributed by atoms with Crippen LogP contribution in [0.2, 0.25) is 0 Å². The molecule has 1 spiro atoms. The topological polar surface area (TPSA) is 91.7 Å². The Balaban J connectivity index is 1.54. The first-order valence-electron chi connectivity index (χ1n) is 10.3. The number of phenols is 1. The highest BCUT2D eigenvalue weighted by Gasteiger charge is 2.52. The van der Waals surface area contributed by atoms with Crippen molar-refractivity contribution in [3.05, 3.63) is 53.6 Å². The summed E-state index contributed by atoms with van der Waals surface area (Å²) >= 11 is 0. The van der Waals surface area contributed by atoms with Crippen LogP contribution in [-0.4, -0.2) is 60.7 Å². The number of fused-ring (bicyclic) bond motifs is 4. The molecule has 0 radical (unpaired) electrons. The molecular weight excluding hydrogens is 418 g/mol. The number of hydrogen-bond donors (Lipinski definition) is 1. The number of ether oxygens (including phenoxy) is 2. The van der Waals surface area contributed by atoms with Gasteiger partial charge in [0.25, 0.3) is 0 Å². The van der Waals surface area contributed by atoms with Crippen LogP contribution in [0.3, 0.4) is 0 Å². The maximum absolute atomic E-state index is 12.0. The van der Waals surface area contributed by atoms with Gasteiger partial charge >= 0.3 is 0 Å². The molecule has 9 heteroatoms. The van der Waals surface area contributed by atoms with Crippen molar-refractivity contribution in [3.8, 4) is 17.2 Å². The average Bonchev–Trinajstić information content (AvgIpc) is 3.21. The number of hydrazone groups is 1. The predicted octanol–water partition coefficient (Wildman–Crippen LogP) is 2.70. The van der Waals surface area contributed by atoms with Gasteiger partial charge in [-0.2, -0.15) is 5.10 Å². The van der Waals surface area contributed by atoms with E-state index in [4.69, 9.17) is 14.6 Å². The van der Waals surface area contributed by atoms with E-state index in [0.717, 1.165) is 22.6 Å². The van der Waals surface area contributed by atoms with Crippen LogP contribution in [-0.2, 0) is 10.0 Å². The van der Waals surface area contributed by atoms with Gasteiger partial charge in [0.15, 0.2) is 11.5 Å². The zero-order valence-electron chi connectivity index (χ0n) is 17.5. The number of methoxy groups -OCH3 is 1. The lowest BCUT2D eigenvalue weighted by Crippen LogP contribution is -2.59. The largest absolute Gasteiger partial charge is 0.504 e. The Kier molecular flexibility index (Phi) is 4.63. The molecule has 0 saturated carbocycles. The van der Waals surface area contributed by atoms with Gasteiger partial charge in [-0.15, -0.1) is 0 Å². The Morgan fingerprint density at radius 2 is 1.94 bits per heavy atom. The minimum absolute atomic E-state index is 0.00420. The maximum Gasteiger partial charge on any atom is 0.211 e. The molecule has 0 aliphatic carbocycles. The lowest BCUT2D eigenvalue weighted by atomic mass is 9.91. The number of sulfonamides is 1. The van der Waals surface area contributed by atoms with Gasteiger partial charge in [-0.25, -0.2) is 17.7 Å². The fourth-order valence-electron chi connectivity index (χ4n) is 4.76. The second kappa shape index (κ2) is 7.13. The van der Waals surface area contributed by atoms with Crippen LogP contribution < -0.4 is 9.47 Å². The summed E-state index contributed by atoms with van der Waals surface area (Å²) in [5, 5.41) is 17.0. The molecule has 0 unspecified atom stereocenters. The van der Waals surface area contributed by atoms with E-state index < -0.39 is 15.7 Å². The molecule has 164 valence electrons. The van der Waals surface area contributed by atoms with Gasteiger partial charge in [-0.05, 0) is 24.3 Å². The van der Waals surface area contributed by atoms with Gasteiger partial charge in [-0.1, -0.05) is 18.2 Å². The highest BCUT2D eigenvalue weighted by atomic mass is 32.2. The molecule has 31 heavy (non-hydrogen) atoms. The quantitative estimate of drug-likeness (QED) is 0.784. The van der Waals surface area contributed by atoms with Gasteiger partial charge in [0.1, 0.15) is 5.75 Å². The minimum Gasteiger partial charge on any atom is -0.504 e. The minimum atomic E-state index is -3.24. The van der Waals surface area contributed by atoms with Crippen molar-refractivity contribution in [2.24, 2.45) is 5.10 Å². The molecule has 8 nitrogen and oxygen atoms in total. The van der Waals surface area contributed by atoms with Crippen molar-refractivity contribution in [2.45, 2.75) is 31.0 Å². The number of aromatic hydroxyl groups is 1. The van der Waals surface area contributed by atoms with E-state index in [2.05, 4.69) is 6.07 Å². The summed E-state index contributed by atoms with van der Waals surface area (Å²) in [6.07, 6.45) is 2.99. The molecule has 2 aromatic carbocycles. The van der Waals surface area contributed by atoms with Crippen molar-refractivity contribution in [2.75, 3.05) is 26.5 Å². The van der Waals surface area contributed by atoms with Crippen molar-refractivity contribution < 1.29 is 23.0 Å². The zero-order chi connectivity index (χ0) is 21.8. The monoisotopic (exact) mass is 443 g/mol. The van der Waals surface area contributed by atoms with Gasteiger partial charge in [0.05, 0.1) is 25.1 Å². The van der Waals surface area contributed by atoms with Crippen LogP contribution in [0.5, 0.6) is 17.2 Å². The summed E-state index contributed by atoms with van der Waals surface area (Å²) in [5.41, 5.74) is 2.14. The lowest BCUT2D eigenvalue weighted by molar-refractivity contribution is -0.143. The third-order valence-electron chi connectivity index (χ3n) is 6.39. The van der Waals surface area contributed by atoms with Crippen LogP contribution >= 0.6 is 0 Å². The van der Waals surface area contributed by atoms with Gasteiger partial charge in [-0.3, -0.25) is 0 Å². The van der Waals surface area contributed by atoms with E-state index in [1.165, 1.54) is 17.7 Å². The molecule has 3 aliphatic heterocycles. The highest BCUT2D eigenvalue weighted by Crippen LogP contribution is 2.50. The first-order valence-corrected chi connectivity index (χ1v) is 12.1. The first kappa shape index (κ1) is 20.1. The summed E-state index contributed by atoms with van der Waals surface area (Å²) in [5.74, 6) is 1.31. The van der Waals surface area contributed by atoms with E-state index in [-0.39, 0.29) is 11.8 Å². The van der Waals surface area contributed by atoms with Gasteiger partial charge < -0.3 is 14.6 Å². The Labute approximate surface area is 181 Å². The number of hydrogen-bond acceptors (Lipinski definition) is 7. The molecule has 1 N–H and O–H groups in total. The van der Waals surface area contributed by atoms with Crippen LogP contribution in [0.15, 0.2) is 47.6 Å². The normalized spacial score (nSPS) is 22.5. The molecule has 0 amide bonds. The van der Waals surface area contributed by atoms with Crippen molar-refractivity contribution in [1.29, 1.82) is 0 Å². The highest BCUT2D eigenvalue weighted by molar-refractivity contribution is 7.88. The Morgan fingerprint density at radius 3 is 2.65 bits per heavy atom. The number of nitrogens with zero attached hydrogens (tertiary/aromatic N) is 3. The second-order valence-electron chi connectivity index (χ2n) is 8.25. The summed E-state index contributed by atoms with van der Waals surface area (Å²) in [6, 6.07) is 13.2. The fourth-order valence-corrected chi connectivity index (χ4v) is 5.60. The molecule has 0 aromatic heterocycles. The molecule has 1 saturated heterocycles. The number of phenolic OH excluding ortho intramolecular Hbond substituents is 1. The number of para-hydroxylation sites is 1. The van der Waals surface area contributed by atoms with Gasteiger partial charge in [0.2, 0.25) is 15.7 Å². The number of piperidine rings is 1. The van der Waals surface area contributed by atoms with Crippen LogP contribution in [0.1, 0.15) is 36.4 Å². The summed E-state index contributed by atoms with van der Waals surface area (Å²) in [7, 11) is -1.72. The zero-order valence-corrected chi connectivity index (χ0v) is 18.3. The van der Waals surface area contributed by atoms with E-state index in [9.17, 15) is 13.5 Å². The predicted molar refractivity (Wildman–Crippen MR) is 116 cm³/mol. The van der Waals surface area contributed by atoms with Crippen LogP contribution in [0.25, 0.3) is 0 Å². The van der Waals surface area contributed by atoms with Crippen molar-refractivity contribution in [1.82, 2.24) is 9.31 Å². The molecule has 3 heterocycles. The molecule has 1 fully saturated rings. The summed E-state index contributed by atoms with van der Waals surface area (Å²) in [4.78, 5) is 0. The van der Waals surface area contributed by atoms with E-state index in [1.807, 2.05) is 29.3 Å². The SMILES string of the molecule is COc1cc(C2=NN3[C@H](C2)c2ccccc2OC32CCN(S(C)(=O)=O)CC2)ccc1O. The van der Waals surface area contributed by atoms with Crippen LogP contribution in [0.4, 0.5) is 0 Å². The standard InChI is InChI=1S/C22H25N3O5S/c1-29-21-13-15(7-8-19(21)26)17-14-18-16-5-3-4-6-20(16)30-22(25(18)23-17)9-11-24(12-10-22)31(2,27)28/h3-8,13,18,26H,9-12,14H2,1-2H3/t18-/m1/s1. The van der Waals surface area contributed by atoms with E-state index in [1.54, 1.807) is 12.1 Å². The lowest BCUT2D eigenvalue weighted by Gasteiger charge is -2.50. The van der Waals surface area contributed by atoms with Gasteiger partial charge in [0, 0.05) is 43.5 Å². The molecule has 0 bridgehead atoms.